The summed E-state index contributed by atoms with van der Waals surface area (Å²) < 4.78 is 13.1. The van der Waals surface area contributed by atoms with Crippen molar-refractivity contribution in [3.05, 3.63) is 30.5 Å². The number of nitrogens with zero attached hydrogens (tertiary/aromatic N) is 1. The van der Waals surface area contributed by atoms with Crippen LogP contribution < -0.4 is 4.74 Å². The number of fused-ring (bicyclic) bond motifs is 1. The fraction of sp³-hybridized carbons (Fsp3) is 0.467. The van der Waals surface area contributed by atoms with Crippen molar-refractivity contribution in [2.24, 2.45) is 0 Å². The van der Waals surface area contributed by atoms with Crippen molar-refractivity contribution >= 4 is 10.9 Å². The SMILES string of the molecule is COCC(C)n1ccc2cc(OC(C)C)ccc21. The fourth-order valence-electron chi connectivity index (χ4n) is 2.19. The molecule has 0 aliphatic heterocycles. The summed E-state index contributed by atoms with van der Waals surface area (Å²) in [6.45, 7) is 6.95. The van der Waals surface area contributed by atoms with E-state index < -0.39 is 0 Å². The third-order valence-electron chi connectivity index (χ3n) is 2.95. The molecule has 2 aromatic rings. The van der Waals surface area contributed by atoms with Crippen LogP contribution in [0.3, 0.4) is 0 Å². The van der Waals surface area contributed by atoms with E-state index in [1.54, 1.807) is 7.11 Å². The van der Waals surface area contributed by atoms with Crippen LogP contribution in [0, 0.1) is 0 Å². The van der Waals surface area contributed by atoms with E-state index in [0.29, 0.717) is 12.6 Å². The summed E-state index contributed by atoms with van der Waals surface area (Å²) in [6.07, 6.45) is 2.31. The second kappa shape index (κ2) is 5.44. The molecule has 1 aromatic carbocycles. The van der Waals surface area contributed by atoms with Crippen LogP contribution in [0.4, 0.5) is 0 Å². The van der Waals surface area contributed by atoms with Gasteiger partial charge in [-0.1, -0.05) is 0 Å². The summed E-state index contributed by atoms with van der Waals surface area (Å²) in [5.74, 6) is 0.926. The van der Waals surface area contributed by atoms with Crippen molar-refractivity contribution in [3.63, 3.8) is 0 Å². The lowest BCUT2D eigenvalue weighted by Crippen LogP contribution is -2.09. The molecule has 1 atom stereocenters. The van der Waals surface area contributed by atoms with E-state index in [0.717, 1.165) is 5.75 Å². The quantitative estimate of drug-likeness (QED) is 0.805. The molecule has 1 unspecified atom stereocenters. The Bertz CT molecular complexity index is 516. The Kier molecular flexibility index (Phi) is 3.92. The van der Waals surface area contributed by atoms with Crippen LogP contribution >= 0.6 is 0 Å². The Morgan fingerprint density at radius 2 is 1.94 bits per heavy atom. The topological polar surface area (TPSA) is 23.4 Å². The molecule has 0 saturated heterocycles. The van der Waals surface area contributed by atoms with Crippen LogP contribution in [-0.4, -0.2) is 24.4 Å². The molecule has 0 aliphatic carbocycles. The van der Waals surface area contributed by atoms with Crippen LogP contribution in [-0.2, 0) is 4.74 Å². The predicted octanol–water partition coefficient (Wildman–Crippen LogP) is 3.64. The molecular formula is C15H21NO2. The Morgan fingerprint density at radius 3 is 2.61 bits per heavy atom. The Balaban J connectivity index is 2.31. The molecule has 0 amide bonds. The molecule has 0 saturated carbocycles. The molecular weight excluding hydrogens is 226 g/mol. The first kappa shape index (κ1) is 13.0. The van der Waals surface area contributed by atoms with Gasteiger partial charge in [0.1, 0.15) is 5.75 Å². The van der Waals surface area contributed by atoms with Crippen LogP contribution in [0.5, 0.6) is 5.75 Å². The number of aromatic nitrogens is 1. The lowest BCUT2D eigenvalue weighted by molar-refractivity contribution is 0.164. The van der Waals surface area contributed by atoms with E-state index in [1.165, 1.54) is 10.9 Å². The molecule has 1 heterocycles. The van der Waals surface area contributed by atoms with E-state index in [-0.39, 0.29) is 6.10 Å². The molecule has 98 valence electrons. The largest absolute Gasteiger partial charge is 0.491 e. The lowest BCUT2D eigenvalue weighted by Gasteiger charge is -2.15. The molecule has 3 nitrogen and oxygen atoms in total. The summed E-state index contributed by atoms with van der Waals surface area (Å²) >= 11 is 0. The first-order valence-electron chi connectivity index (χ1n) is 6.38. The highest BCUT2D eigenvalue weighted by Crippen LogP contribution is 2.25. The molecule has 0 fully saturated rings. The van der Waals surface area contributed by atoms with Gasteiger partial charge in [-0.05, 0) is 45.0 Å². The van der Waals surface area contributed by atoms with Crippen LogP contribution in [0.2, 0.25) is 0 Å². The number of rotatable bonds is 5. The molecule has 0 N–H and O–H groups in total. The zero-order valence-corrected chi connectivity index (χ0v) is 11.5. The fourth-order valence-corrected chi connectivity index (χ4v) is 2.19. The maximum absolute atomic E-state index is 5.71. The monoisotopic (exact) mass is 247 g/mol. The van der Waals surface area contributed by atoms with E-state index in [2.05, 4.69) is 35.9 Å². The highest BCUT2D eigenvalue weighted by atomic mass is 16.5. The smallest absolute Gasteiger partial charge is 0.120 e. The first-order valence-corrected chi connectivity index (χ1v) is 6.38. The van der Waals surface area contributed by atoms with Gasteiger partial charge in [-0.3, -0.25) is 0 Å². The second-order valence-corrected chi connectivity index (χ2v) is 4.91. The summed E-state index contributed by atoms with van der Waals surface area (Å²) in [5, 5.41) is 1.20. The van der Waals surface area contributed by atoms with Crippen molar-refractivity contribution in [2.45, 2.75) is 32.9 Å². The minimum atomic E-state index is 0.206. The number of methoxy groups -OCH3 is 1. The number of hydrogen-bond donors (Lipinski definition) is 0. The molecule has 0 spiro atoms. The van der Waals surface area contributed by atoms with Crippen molar-refractivity contribution < 1.29 is 9.47 Å². The Morgan fingerprint density at radius 1 is 1.17 bits per heavy atom. The van der Waals surface area contributed by atoms with Gasteiger partial charge >= 0.3 is 0 Å². The highest BCUT2D eigenvalue weighted by molar-refractivity contribution is 5.81. The molecule has 0 bridgehead atoms. The Labute approximate surface area is 108 Å². The second-order valence-electron chi connectivity index (χ2n) is 4.91. The third kappa shape index (κ3) is 2.67. The van der Waals surface area contributed by atoms with Crippen LogP contribution in [0.15, 0.2) is 30.5 Å². The standard InChI is InChI=1S/C15H21NO2/c1-11(2)18-14-5-6-15-13(9-14)7-8-16(15)12(3)10-17-4/h5-9,11-12H,10H2,1-4H3. The number of benzene rings is 1. The van der Waals surface area contributed by atoms with E-state index >= 15 is 0 Å². The van der Waals surface area contributed by atoms with Gasteiger partial charge in [0.25, 0.3) is 0 Å². The predicted molar refractivity (Wildman–Crippen MR) is 74.3 cm³/mol. The average Bonchev–Trinajstić information content (AvgIpc) is 2.71. The van der Waals surface area contributed by atoms with E-state index in [9.17, 15) is 0 Å². The first-order chi connectivity index (χ1) is 8.61. The van der Waals surface area contributed by atoms with Crippen LogP contribution in [0.25, 0.3) is 10.9 Å². The van der Waals surface area contributed by atoms with Gasteiger partial charge in [-0.15, -0.1) is 0 Å². The number of hydrogen-bond acceptors (Lipinski definition) is 2. The van der Waals surface area contributed by atoms with Gasteiger partial charge in [0.15, 0.2) is 0 Å². The Hall–Kier alpha value is -1.48. The highest BCUT2D eigenvalue weighted by Gasteiger charge is 2.09. The van der Waals surface area contributed by atoms with Gasteiger partial charge in [0, 0.05) is 24.2 Å². The molecule has 1 aromatic heterocycles. The molecule has 18 heavy (non-hydrogen) atoms. The summed E-state index contributed by atoms with van der Waals surface area (Å²) in [6, 6.07) is 8.68. The van der Waals surface area contributed by atoms with Gasteiger partial charge in [-0.2, -0.15) is 0 Å². The maximum atomic E-state index is 5.71. The lowest BCUT2D eigenvalue weighted by atomic mass is 10.2. The molecule has 2 rings (SSSR count). The van der Waals surface area contributed by atoms with Gasteiger partial charge in [0.2, 0.25) is 0 Å². The zero-order valence-electron chi connectivity index (χ0n) is 11.5. The van der Waals surface area contributed by atoms with Gasteiger partial charge in [-0.25, -0.2) is 0 Å². The number of ether oxygens (including phenoxy) is 2. The zero-order chi connectivity index (χ0) is 13.1. The van der Waals surface area contributed by atoms with Crippen LogP contribution in [0.1, 0.15) is 26.8 Å². The van der Waals surface area contributed by atoms with Crippen molar-refractivity contribution in [1.82, 2.24) is 4.57 Å². The normalized spacial score (nSPS) is 13.2. The summed E-state index contributed by atoms with van der Waals surface area (Å²) in [5.41, 5.74) is 1.22. The molecule has 3 heteroatoms. The van der Waals surface area contributed by atoms with Gasteiger partial charge < -0.3 is 14.0 Å². The average molecular weight is 247 g/mol. The van der Waals surface area contributed by atoms with Crippen molar-refractivity contribution in [2.75, 3.05) is 13.7 Å². The maximum Gasteiger partial charge on any atom is 0.120 e. The molecule has 0 aliphatic rings. The van der Waals surface area contributed by atoms with E-state index in [1.807, 2.05) is 19.9 Å². The minimum absolute atomic E-state index is 0.206. The van der Waals surface area contributed by atoms with Gasteiger partial charge in [0.05, 0.1) is 18.8 Å². The van der Waals surface area contributed by atoms with E-state index in [4.69, 9.17) is 9.47 Å². The summed E-state index contributed by atoms with van der Waals surface area (Å²) in [7, 11) is 1.73. The summed E-state index contributed by atoms with van der Waals surface area (Å²) in [4.78, 5) is 0. The molecule has 0 radical (unpaired) electrons. The van der Waals surface area contributed by atoms with Crippen molar-refractivity contribution in [1.29, 1.82) is 0 Å². The minimum Gasteiger partial charge on any atom is -0.491 e. The third-order valence-corrected chi connectivity index (χ3v) is 2.95. The van der Waals surface area contributed by atoms with Crippen molar-refractivity contribution in [3.8, 4) is 5.75 Å².